The summed E-state index contributed by atoms with van der Waals surface area (Å²) in [4.78, 5) is 16.4. The number of carbonyl (C=O) groups is 1. The largest absolute Gasteiger partial charge is 0.461 e. The summed E-state index contributed by atoms with van der Waals surface area (Å²) in [6.07, 6.45) is 0. The van der Waals surface area contributed by atoms with Gasteiger partial charge in [-0.1, -0.05) is 29.4 Å². The molecule has 0 unspecified atom stereocenters. The monoisotopic (exact) mass is 484 g/mol. The van der Waals surface area contributed by atoms with Gasteiger partial charge in [-0.05, 0) is 42.3 Å². The lowest BCUT2D eigenvalue weighted by Crippen LogP contribution is -2.49. The van der Waals surface area contributed by atoms with Crippen LogP contribution < -0.4 is 5.32 Å². The smallest absolute Gasteiger partial charge is 0.360 e. The van der Waals surface area contributed by atoms with Crippen LogP contribution in [0.3, 0.4) is 0 Å². The maximum Gasteiger partial charge on any atom is 0.360 e. The molecule has 0 saturated carbocycles. The average Bonchev–Trinajstić information content (AvgIpc) is 3.35. The highest BCUT2D eigenvalue weighted by Gasteiger charge is 2.26. The molecule has 0 bridgehead atoms. The number of hydrogen-bond donors (Lipinski definition) is 1. The Labute approximate surface area is 203 Å². The summed E-state index contributed by atoms with van der Waals surface area (Å²) in [6, 6.07) is 14.6. The topological polar surface area (TPSA) is 70.8 Å². The Morgan fingerprint density at radius 3 is 2.20 bits per heavy atom. The highest BCUT2D eigenvalue weighted by molar-refractivity contribution is 5.87. The van der Waals surface area contributed by atoms with Crippen LogP contribution in [-0.4, -0.2) is 66.8 Å². The molecule has 0 amide bonds. The molecule has 2 heterocycles. The number of hydrogen-bond acceptors (Lipinski definition) is 7. The molecule has 0 radical (unpaired) electrons. The molecule has 1 aliphatic heterocycles. The first-order valence-electron chi connectivity index (χ1n) is 11.8. The summed E-state index contributed by atoms with van der Waals surface area (Å²) in [7, 11) is 0. The van der Waals surface area contributed by atoms with E-state index in [2.05, 4.69) is 20.3 Å². The normalized spacial score (nSPS) is 15.0. The number of esters is 1. The first-order chi connectivity index (χ1) is 17.0. The summed E-state index contributed by atoms with van der Waals surface area (Å²) < 4.78 is 37.1. The summed E-state index contributed by atoms with van der Waals surface area (Å²) in [5.74, 6) is -0.447. The predicted octanol–water partition coefficient (Wildman–Crippen LogP) is 3.63. The fourth-order valence-electron chi connectivity index (χ4n) is 4.30. The minimum Gasteiger partial charge on any atom is -0.461 e. The van der Waals surface area contributed by atoms with Crippen molar-refractivity contribution in [3.05, 3.63) is 88.8 Å². The van der Waals surface area contributed by atoms with Crippen LogP contribution in [-0.2, 0) is 11.3 Å². The van der Waals surface area contributed by atoms with Crippen LogP contribution in [0.5, 0.6) is 0 Å². The van der Waals surface area contributed by atoms with E-state index in [4.69, 9.17) is 9.26 Å². The summed E-state index contributed by atoms with van der Waals surface area (Å²) in [5.41, 5.74) is 2.15. The maximum absolute atomic E-state index is 13.5. The molecule has 1 saturated heterocycles. The van der Waals surface area contributed by atoms with E-state index >= 15 is 0 Å². The van der Waals surface area contributed by atoms with Crippen LogP contribution in [0.1, 0.15) is 40.3 Å². The molecule has 35 heavy (non-hydrogen) atoms. The molecular formula is C26H30F2N4O3. The zero-order chi connectivity index (χ0) is 24.6. The standard InChI is InChI=1S/C26H30F2N4O3/c1-2-34-26(33)24-17-23(35-30-24)18-29-11-12-31-13-15-32(16-14-31)25(19-3-7-21(27)8-4-19)20-5-9-22(28)10-6-20/h3-10,17,25,29H,2,11-16,18H2,1H3. The Morgan fingerprint density at radius 2 is 1.63 bits per heavy atom. The lowest BCUT2D eigenvalue weighted by atomic mass is 9.96. The van der Waals surface area contributed by atoms with Crippen LogP contribution in [0.2, 0.25) is 0 Å². The second-order valence-corrected chi connectivity index (χ2v) is 8.46. The van der Waals surface area contributed by atoms with Gasteiger partial charge < -0.3 is 14.6 Å². The molecule has 7 nitrogen and oxygen atoms in total. The van der Waals surface area contributed by atoms with E-state index in [-0.39, 0.29) is 23.4 Å². The van der Waals surface area contributed by atoms with Gasteiger partial charge >= 0.3 is 5.97 Å². The molecule has 0 atom stereocenters. The van der Waals surface area contributed by atoms with Crippen LogP contribution >= 0.6 is 0 Å². The van der Waals surface area contributed by atoms with Crippen molar-refractivity contribution in [2.75, 3.05) is 45.9 Å². The van der Waals surface area contributed by atoms with E-state index in [1.807, 2.05) is 0 Å². The number of ether oxygens (including phenoxy) is 1. The molecular weight excluding hydrogens is 454 g/mol. The third-order valence-electron chi connectivity index (χ3n) is 6.09. The minimum atomic E-state index is -0.486. The molecule has 1 aromatic heterocycles. The third kappa shape index (κ3) is 6.72. The average molecular weight is 485 g/mol. The number of halogens is 2. The number of nitrogens with zero attached hydrogens (tertiary/aromatic N) is 3. The summed E-state index contributed by atoms with van der Waals surface area (Å²) in [6.45, 7) is 7.58. The molecule has 0 aliphatic carbocycles. The van der Waals surface area contributed by atoms with Gasteiger partial charge in [0, 0.05) is 45.3 Å². The van der Waals surface area contributed by atoms with Gasteiger partial charge in [0.15, 0.2) is 11.5 Å². The molecule has 4 rings (SSSR count). The third-order valence-corrected chi connectivity index (χ3v) is 6.09. The fraction of sp³-hybridized carbons (Fsp3) is 0.385. The van der Waals surface area contributed by atoms with Crippen molar-refractivity contribution in [2.24, 2.45) is 0 Å². The zero-order valence-electron chi connectivity index (χ0n) is 19.8. The van der Waals surface area contributed by atoms with Crippen molar-refractivity contribution < 1.29 is 22.8 Å². The van der Waals surface area contributed by atoms with Gasteiger partial charge in [0.25, 0.3) is 0 Å². The Kier molecular flexibility index (Phi) is 8.57. The molecule has 2 aromatic carbocycles. The van der Waals surface area contributed by atoms with E-state index in [9.17, 15) is 13.6 Å². The van der Waals surface area contributed by atoms with Gasteiger partial charge in [-0.25, -0.2) is 13.6 Å². The maximum atomic E-state index is 13.5. The second kappa shape index (κ2) is 12.0. The first kappa shape index (κ1) is 25.0. The van der Waals surface area contributed by atoms with E-state index < -0.39 is 5.97 Å². The number of aromatic nitrogens is 1. The van der Waals surface area contributed by atoms with Crippen molar-refractivity contribution in [1.82, 2.24) is 20.3 Å². The SMILES string of the molecule is CCOC(=O)c1cc(CNCCN2CCN(C(c3ccc(F)cc3)c3ccc(F)cc3)CC2)on1. The Hall–Kier alpha value is -3.14. The van der Waals surface area contributed by atoms with E-state index in [0.29, 0.717) is 18.9 Å². The van der Waals surface area contributed by atoms with Crippen LogP contribution in [0.4, 0.5) is 8.78 Å². The molecule has 186 valence electrons. The van der Waals surface area contributed by atoms with Gasteiger partial charge in [-0.3, -0.25) is 9.80 Å². The number of carbonyl (C=O) groups excluding carboxylic acids is 1. The first-order valence-corrected chi connectivity index (χ1v) is 11.8. The number of nitrogens with one attached hydrogen (secondary N) is 1. The molecule has 3 aromatic rings. The Balaban J connectivity index is 1.27. The number of piperazine rings is 1. The van der Waals surface area contributed by atoms with Crippen LogP contribution in [0.25, 0.3) is 0 Å². The molecule has 1 N–H and O–H groups in total. The van der Waals surface area contributed by atoms with Gasteiger partial charge in [0.1, 0.15) is 11.6 Å². The van der Waals surface area contributed by atoms with Crippen LogP contribution in [0, 0.1) is 11.6 Å². The van der Waals surface area contributed by atoms with E-state index in [0.717, 1.165) is 50.4 Å². The van der Waals surface area contributed by atoms with Crippen LogP contribution in [0.15, 0.2) is 59.1 Å². The molecule has 0 spiro atoms. The quantitative estimate of drug-likeness (QED) is 0.348. The van der Waals surface area contributed by atoms with Gasteiger partial charge in [0.2, 0.25) is 0 Å². The molecule has 9 heteroatoms. The lowest BCUT2D eigenvalue weighted by Gasteiger charge is -2.39. The van der Waals surface area contributed by atoms with Crippen molar-refractivity contribution in [1.29, 1.82) is 0 Å². The minimum absolute atomic E-state index is 0.0588. The molecule has 1 aliphatic rings. The second-order valence-electron chi connectivity index (χ2n) is 8.46. The Morgan fingerprint density at radius 1 is 1.03 bits per heavy atom. The number of rotatable bonds is 10. The van der Waals surface area contributed by atoms with Gasteiger partial charge in [-0.15, -0.1) is 0 Å². The highest BCUT2D eigenvalue weighted by atomic mass is 19.1. The Bertz CT molecular complexity index is 1040. The zero-order valence-corrected chi connectivity index (χ0v) is 19.8. The lowest BCUT2D eigenvalue weighted by molar-refractivity contribution is 0.0514. The highest BCUT2D eigenvalue weighted by Crippen LogP contribution is 2.30. The summed E-state index contributed by atoms with van der Waals surface area (Å²) >= 11 is 0. The van der Waals surface area contributed by atoms with Crippen molar-refractivity contribution in [3.8, 4) is 0 Å². The predicted molar refractivity (Wildman–Crippen MR) is 127 cm³/mol. The van der Waals surface area contributed by atoms with Crippen molar-refractivity contribution in [3.63, 3.8) is 0 Å². The van der Waals surface area contributed by atoms with Crippen molar-refractivity contribution >= 4 is 5.97 Å². The number of benzene rings is 2. The van der Waals surface area contributed by atoms with Gasteiger partial charge in [0.05, 0.1) is 19.2 Å². The van der Waals surface area contributed by atoms with E-state index in [1.165, 1.54) is 24.3 Å². The van der Waals surface area contributed by atoms with Gasteiger partial charge in [-0.2, -0.15) is 0 Å². The fourth-order valence-corrected chi connectivity index (χ4v) is 4.30. The molecule has 1 fully saturated rings. The van der Waals surface area contributed by atoms with E-state index in [1.54, 1.807) is 37.3 Å². The summed E-state index contributed by atoms with van der Waals surface area (Å²) in [5, 5.41) is 7.06. The van der Waals surface area contributed by atoms with Crippen molar-refractivity contribution in [2.45, 2.75) is 19.5 Å².